The zero-order valence-corrected chi connectivity index (χ0v) is 15.7. The Bertz CT molecular complexity index is 871. The van der Waals surface area contributed by atoms with Gasteiger partial charge in [-0.3, -0.25) is 10.1 Å². The van der Waals surface area contributed by atoms with E-state index in [-0.39, 0.29) is 0 Å². The maximum Gasteiger partial charge on any atom is 0.338 e. The molecule has 7 nitrogen and oxygen atoms in total. The topological polar surface area (TPSA) is 100 Å². The minimum Gasteiger partial charge on any atom is -0.452 e. The summed E-state index contributed by atoms with van der Waals surface area (Å²) in [6, 6.07) is 4.78. The molecule has 3 rings (SSSR count). The van der Waals surface area contributed by atoms with Gasteiger partial charge in [0.1, 0.15) is 0 Å². The normalized spacial score (nSPS) is 15.9. The van der Waals surface area contributed by atoms with Crippen molar-refractivity contribution in [1.29, 1.82) is 0 Å². The SMILES string of the molecule is CCCNC(=O)NC(=O)COC(=O)c1ccc2[nH]c3c(c2c1)CC(C)CC3. The number of imide groups is 1. The van der Waals surface area contributed by atoms with Crippen molar-refractivity contribution in [2.75, 3.05) is 13.2 Å². The number of H-pyrrole nitrogens is 1. The number of fused-ring (bicyclic) bond motifs is 3. The fourth-order valence-corrected chi connectivity index (χ4v) is 3.38. The Labute approximate surface area is 157 Å². The quantitative estimate of drug-likeness (QED) is 0.704. The van der Waals surface area contributed by atoms with Crippen molar-refractivity contribution in [3.05, 3.63) is 35.0 Å². The van der Waals surface area contributed by atoms with Crippen molar-refractivity contribution in [3.8, 4) is 0 Å². The van der Waals surface area contributed by atoms with Crippen LogP contribution in [0.5, 0.6) is 0 Å². The third-order valence-corrected chi connectivity index (χ3v) is 4.79. The number of ether oxygens (including phenoxy) is 1. The third kappa shape index (κ3) is 4.48. The number of aromatic amines is 1. The van der Waals surface area contributed by atoms with Gasteiger partial charge in [0.05, 0.1) is 5.56 Å². The monoisotopic (exact) mass is 371 g/mol. The average Bonchev–Trinajstić information content (AvgIpc) is 3.01. The summed E-state index contributed by atoms with van der Waals surface area (Å²) in [6.07, 6.45) is 3.94. The van der Waals surface area contributed by atoms with Gasteiger partial charge in [-0.15, -0.1) is 0 Å². The van der Waals surface area contributed by atoms with Crippen molar-refractivity contribution in [2.24, 2.45) is 5.92 Å². The zero-order chi connectivity index (χ0) is 19.4. The highest BCUT2D eigenvalue weighted by Crippen LogP contribution is 2.32. The molecule has 0 bridgehead atoms. The molecule has 0 fully saturated rings. The Morgan fingerprint density at radius 2 is 2.11 bits per heavy atom. The van der Waals surface area contributed by atoms with Crippen LogP contribution >= 0.6 is 0 Å². The molecular formula is C20H25N3O4. The first-order chi connectivity index (χ1) is 13.0. The molecule has 1 atom stereocenters. The summed E-state index contributed by atoms with van der Waals surface area (Å²) in [5.74, 6) is -0.625. The molecule has 7 heteroatoms. The summed E-state index contributed by atoms with van der Waals surface area (Å²) < 4.78 is 5.04. The van der Waals surface area contributed by atoms with Crippen molar-refractivity contribution >= 4 is 28.8 Å². The number of benzene rings is 1. The number of carbonyl (C=O) groups excluding carboxylic acids is 3. The summed E-state index contributed by atoms with van der Waals surface area (Å²) in [5, 5.41) is 5.68. The Hall–Kier alpha value is -2.83. The maximum absolute atomic E-state index is 12.3. The number of aryl methyl sites for hydroxylation is 1. The molecular weight excluding hydrogens is 346 g/mol. The van der Waals surface area contributed by atoms with Crippen molar-refractivity contribution in [2.45, 2.75) is 39.5 Å². The van der Waals surface area contributed by atoms with Gasteiger partial charge >= 0.3 is 12.0 Å². The minimum atomic E-state index is -0.661. The summed E-state index contributed by atoms with van der Waals surface area (Å²) in [5.41, 5.74) is 3.91. The first-order valence-electron chi connectivity index (χ1n) is 9.36. The lowest BCUT2D eigenvalue weighted by Gasteiger charge is -2.18. The van der Waals surface area contributed by atoms with Gasteiger partial charge in [-0.05, 0) is 55.4 Å². The largest absolute Gasteiger partial charge is 0.452 e. The van der Waals surface area contributed by atoms with Crippen LogP contribution in [0.25, 0.3) is 10.9 Å². The molecule has 3 amide bonds. The lowest BCUT2D eigenvalue weighted by molar-refractivity contribution is -0.123. The van der Waals surface area contributed by atoms with Crippen LogP contribution in [0.3, 0.4) is 0 Å². The smallest absolute Gasteiger partial charge is 0.338 e. The molecule has 0 radical (unpaired) electrons. The van der Waals surface area contributed by atoms with Crippen LogP contribution in [-0.2, 0) is 22.4 Å². The number of urea groups is 1. The Morgan fingerprint density at radius 1 is 1.30 bits per heavy atom. The molecule has 1 aromatic carbocycles. The molecule has 1 aromatic heterocycles. The maximum atomic E-state index is 12.3. The number of nitrogens with one attached hydrogen (secondary N) is 3. The summed E-state index contributed by atoms with van der Waals surface area (Å²) >= 11 is 0. The fourth-order valence-electron chi connectivity index (χ4n) is 3.38. The van der Waals surface area contributed by atoms with E-state index in [1.54, 1.807) is 6.07 Å². The predicted molar refractivity (Wildman–Crippen MR) is 102 cm³/mol. The van der Waals surface area contributed by atoms with Crippen molar-refractivity contribution in [1.82, 2.24) is 15.6 Å². The number of rotatable bonds is 5. The average molecular weight is 371 g/mol. The van der Waals surface area contributed by atoms with Crippen LogP contribution < -0.4 is 10.6 Å². The van der Waals surface area contributed by atoms with E-state index < -0.39 is 24.5 Å². The van der Waals surface area contributed by atoms with E-state index in [4.69, 9.17) is 4.74 Å². The van der Waals surface area contributed by atoms with Gasteiger partial charge in [0, 0.05) is 23.1 Å². The van der Waals surface area contributed by atoms with Crippen LogP contribution in [0.1, 0.15) is 48.3 Å². The van der Waals surface area contributed by atoms with Gasteiger partial charge in [0.25, 0.3) is 5.91 Å². The van der Waals surface area contributed by atoms with Crippen LogP contribution in [0.4, 0.5) is 4.79 Å². The second-order valence-corrected chi connectivity index (χ2v) is 7.07. The van der Waals surface area contributed by atoms with Crippen molar-refractivity contribution in [3.63, 3.8) is 0 Å². The molecule has 1 aliphatic rings. The lowest BCUT2D eigenvalue weighted by Crippen LogP contribution is -2.41. The summed E-state index contributed by atoms with van der Waals surface area (Å²) in [6.45, 7) is 4.11. The van der Waals surface area contributed by atoms with Crippen LogP contribution in [0.2, 0.25) is 0 Å². The minimum absolute atomic E-state index is 0.394. The zero-order valence-electron chi connectivity index (χ0n) is 15.7. The number of amides is 3. The van der Waals surface area contributed by atoms with E-state index in [2.05, 4.69) is 22.5 Å². The van der Waals surface area contributed by atoms with Gasteiger partial charge in [-0.1, -0.05) is 13.8 Å². The second kappa shape index (κ2) is 8.24. The second-order valence-electron chi connectivity index (χ2n) is 7.07. The Kier molecular flexibility index (Phi) is 5.78. The third-order valence-electron chi connectivity index (χ3n) is 4.79. The molecule has 27 heavy (non-hydrogen) atoms. The van der Waals surface area contributed by atoms with E-state index in [0.29, 0.717) is 18.0 Å². The molecule has 2 aromatic rings. The summed E-state index contributed by atoms with van der Waals surface area (Å²) in [7, 11) is 0. The number of hydrogen-bond donors (Lipinski definition) is 3. The number of aromatic nitrogens is 1. The van der Waals surface area contributed by atoms with Gasteiger partial charge < -0.3 is 15.0 Å². The highest BCUT2D eigenvalue weighted by atomic mass is 16.5. The lowest BCUT2D eigenvalue weighted by atomic mass is 9.87. The van der Waals surface area contributed by atoms with Crippen LogP contribution in [-0.4, -0.2) is 36.0 Å². The molecule has 0 aliphatic heterocycles. The first kappa shape index (κ1) is 18.9. The Morgan fingerprint density at radius 3 is 2.89 bits per heavy atom. The number of hydrogen-bond acceptors (Lipinski definition) is 4. The number of esters is 1. The van der Waals surface area contributed by atoms with Crippen LogP contribution in [0, 0.1) is 5.92 Å². The molecule has 0 saturated heterocycles. The van der Waals surface area contributed by atoms with E-state index in [1.807, 2.05) is 19.1 Å². The van der Waals surface area contributed by atoms with E-state index in [0.717, 1.165) is 36.6 Å². The van der Waals surface area contributed by atoms with Gasteiger partial charge in [0.2, 0.25) is 0 Å². The van der Waals surface area contributed by atoms with Gasteiger partial charge in [0.15, 0.2) is 6.61 Å². The molecule has 144 valence electrons. The number of carbonyl (C=O) groups is 3. The molecule has 1 unspecified atom stereocenters. The molecule has 0 spiro atoms. The molecule has 1 heterocycles. The fraction of sp³-hybridized carbons (Fsp3) is 0.450. The molecule has 1 aliphatic carbocycles. The van der Waals surface area contributed by atoms with Crippen LogP contribution in [0.15, 0.2) is 18.2 Å². The molecule has 3 N–H and O–H groups in total. The summed E-state index contributed by atoms with van der Waals surface area (Å²) in [4.78, 5) is 38.8. The van der Waals surface area contributed by atoms with Gasteiger partial charge in [-0.2, -0.15) is 0 Å². The van der Waals surface area contributed by atoms with Gasteiger partial charge in [-0.25, -0.2) is 9.59 Å². The highest BCUT2D eigenvalue weighted by molar-refractivity contribution is 5.99. The molecule has 0 saturated carbocycles. The Balaban J connectivity index is 1.63. The highest BCUT2D eigenvalue weighted by Gasteiger charge is 2.21. The predicted octanol–water partition coefficient (Wildman–Crippen LogP) is 2.69. The van der Waals surface area contributed by atoms with E-state index >= 15 is 0 Å². The van der Waals surface area contributed by atoms with E-state index in [9.17, 15) is 14.4 Å². The standard InChI is InChI=1S/C20H25N3O4/c1-3-8-21-20(26)23-18(24)11-27-19(25)13-5-7-17-15(10-13)14-9-12(2)4-6-16(14)22-17/h5,7,10,12,22H,3-4,6,8-9,11H2,1-2H3,(H2,21,23,24,26). The van der Waals surface area contributed by atoms with E-state index in [1.165, 1.54) is 11.3 Å². The van der Waals surface area contributed by atoms with Crippen molar-refractivity contribution < 1.29 is 19.1 Å². The first-order valence-corrected chi connectivity index (χ1v) is 9.36.